The van der Waals surface area contributed by atoms with Crippen molar-refractivity contribution in [2.45, 2.75) is 38.4 Å². The van der Waals surface area contributed by atoms with Gasteiger partial charge in [0.25, 0.3) is 5.56 Å². The van der Waals surface area contributed by atoms with Crippen LogP contribution in [0.25, 0.3) is 10.9 Å². The summed E-state index contributed by atoms with van der Waals surface area (Å²) in [6.07, 6.45) is 2.46. The lowest BCUT2D eigenvalue weighted by molar-refractivity contribution is -0.954. The molecule has 5 nitrogen and oxygen atoms in total. The summed E-state index contributed by atoms with van der Waals surface area (Å²) >= 11 is 0. The van der Waals surface area contributed by atoms with Crippen molar-refractivity contribution in [1.82, 2.24) is 9.97 Å². The molecule has 5 heteroatoms. The highest BCUT2D eigenvalue weighted by atomic mass is 16.5. The normalized spacial score (nSPS) is 16.4. The number of rotatable bonds is 6. The molecule has 2 atom stereocenters. The van der Waals surface area contributed by atoms with Crippen molar-refractivity contribution in [1.29, 1.82) is 0 Å². The molecule has 1 aliphatic rings. The second-order valence-corrected chi connectivity index (χ2v) is 7.06. The van der Waals surface area contributed by atoms with Crippen LogP contribution in [0.1, 0.15) is 37.2 Å². The molecule has 3 aromatic rings. The molecule has 4 rings (SSSR count). The van der Waals surface area contributed by atoms with E-state index in [9.17, 15) is 4.79 Å². The first-order valence-electron chi connectivity index (χ1n) is 9.13. The van der Waals surface area contributed by atoms with Crippen LogP contribution in [-0.4, -0.2) is 23.1 Å². The molecular formula is C21H24N3O2+. The van der Waals surface area contributed by atoms with E-state index in [4.69, 9.17) is 9.72 Å². The molecule has 1 unspecified atom stereocenters. The number of para-hydroxylation sites is 1. The number of hydrogen-bond acceptors (Lipinski definition) is 3. The molecule has 134 valence electrons. The number of nitrogens with zero attached hydrogens (tertiary/aromatic N) is 1. The van der Waals surface area contributed by atoms with E-state index in [-0.39, 0.29) is 11.6 Å². The molecule has 0 spiro atoms. The quantitative estimate of drug-likeness (QED) is 0.717. The number of hydrogen-bond donors (Lipinski definition) is 2. The molecule has 1 heterocycles. The van der Waals surface area contributed by atoms with E-state index in [1.165, 1.54) is 23.3 Å². The SMILES string of the molecule is COc1ccc(C[NH+](C2CC2)[C@@H](C)c2nc3ccccc3c(=O)[nH]2)cc1. The Bertz CT molecular complexity index is 961. The molecule has 0 radical (unpaired) electrons. The van der Waals surface area contributed by atoms with Crippen LogP contribution < -0.4 is 15.2 Å². The van der Waals surface area contributed by atoms with Gasteiger partial charge < -0.3 is 14.6 Å². The zero-order chi connectivity index (χ0) is 18.1. The summed E-state index contributed by atoms with van der Waals surface area (Å²) in [5.74, 6) is 1.64. The van der Waals surface area contributed by atoms with E-state index in [1.807, 2.05) is 36.4 Å². The predicted molar refractivity (Wildman–Crippen MR) is 101 cm³/mol. The van der Waals surface area contributed by atoms with E-state index in [2.05, 4.69) is 24.0 Å². The maximum absolute atomic E-state index is 12.4. The van der Waals surface area contributed by atoms with Crippen LogP contribution in [0, 0.1) is 0 Å². The molecule has 1 saturated carbocycles. The summed E-state index contributed by atoms with van der Waals surface area (Å²) in [5.41, 5.74) is 1.97. The van der Waals surface area contributed by atoms with Crippen molar-refractivity contribution in [3.05, 3.63) is 70.3 Å². The number of H-pyrrole nitrogens is 1. The third-order valence-electron chi connectivity index (χ3n) is 5.27. The first kappa shape index (κ1) is 16.8. The summed E-state index contributed by atoms with van der Waals surface area (Å²) in [7, 11) is 1.68. The van der Waals surface area contributed by atoms with Crippen LogP contribution >= 0.6 is 0 Å². The summed E-state index contributed by atoms with van der Waals surface area (Å²) < 4.78 is 5.25. The van der Waals surface area contributed by atoms with Gasteiger partial charge in [-0.25, -0.2) is 4.98 Å². The Labute approximate surface area is 152 Å². The topological polar surface area (TPSA) is 59.4 Å². The number of benzene rings is 2. The molecule has 1 aromatic heterocycles. The second kappa shape index (κ2) is 6.92. The van der Waals surface area contributed by atoms with Crippen molar-refractivity contribution in [3.8, 4) is 5.75 Å². The van der Waals surface area contributed by atoms with Gasteiger partial charge >= 0.3 is 0 Å². The summed E-state index contributed by atoms with van der Waals surface area (Å²) in [6.45, 7) is 3.07. The van der Waals surface area contributed by atoms with E-state index in [1.54, 1.807) is 7.11 Å². The number of aromatic nitrogens is 2. The number of ether oxygens (including phenoxy) is 1. The zero-order valence-electron chi connectivity index (χ0n) is 15.2. The van der Waals surface area contributed by atoms with Crippen molar-refractivity contribution < 1.29 is 9.64 Å². The first-order valence-corrected chi connectivity index (χ1v) is 9.13. The van der Waals surface area contributed by atoms with Crippen LogP contribution in [0.2, 0.25) is 0 Å². The molecule has 2 aromatic carbocycles. The van der Waals surface area contributed by atoms with Crippen molar-refractivity contribution >= 4 is 10.9 Å². The average Bonchev–Trinajstić information content (AvgIpc) is 3.51. The summed E-state index contributed by atoms with van der Waals surface area (Å²) in [4.78, 5) is 21.6. The minimum absolute atomic E-state index is 0.0583. The highest BCUT2D eigenvalue weighted by Gasteiger charge is 2.38. The average molecular weight is 350 g/mol. The third-order valence-corrected chi connectivity index (χ3v) is 5.27. The van der Waals surface area contributed by atoms with Crippen LogP contribution in [-0.2, 0) is 6.54 Å². The van der Waals surface area contributed by atoms with Gasteiger partial charge in [0.1, 0.15) is 18.3 Å². The fraction of sp³-hybridized carbons (Fsp3) is 0.333. The van der Waals surface area contributed by atoms with Gasteiger partial charge in [0.15, 0.2) is 5.82 Å². The van der Waals surface area contributed by atoms with Gasteiger partial charge in [-0.15, -0.1) is 0 Å². The number of methoxy groups -OCH3 is 1. The minimum atomic E-state index is -0.0583. The van der Waals surface area contributed by atoms with E-state index in [0.717, 1.165) is 23.6 Å². The van der Waals surface area contributed by atoms with Gasteiger partial charge in [-0.1, -0.05) is 12.1 Å². The maximum atomic E-state index is 12.4. The van der Waals surface area contributed by atoms with Crippen LogP contribution in [0.3, 0.4) is 0 Å². The van der Waals surface area contributed by atoms with Crippen molar-refractivity contribution in [3.63, 3.8) is 0 Å². The Hall–Kier alpha value is -2.66. The lowest BCUT2D eigenvalue weighted by Gasteiger charge is -2.25. The highest BCUT2D eigenvalue weighted by molar-refractivity contribution is 5.77. The number of nitrogens with one attached hydrogen (secondary N) is 2. The Morgan fingerprint density at radius 3 is 2.62 bits per heavy atom. The van der Waals surface area contributed by atoms with Crippen molar-refractivity contribution in [2.24, 2.45) is 0 Å². The molecular weight excluding hydrogens is 326 g/mol. The first-order chi connectivity index (χ1) is 12.7. The fourth-order valence-corrected chi connectivity index (χ4v) is 3.57. The van der Waals surface area contributed by atoms with E-state index >= 15 is 0 Å². The van der Waals surface area contributed by atoms with Crippen LogP contribution in [0.5, 0.6) is 5.75 Å². The van der Waals surface area contributed by atoms with Crippen LogP contribution in [0.15, 0.2) is 53.3 Å². The second-order valence-electron chi connectivity index (χ2n) is 7.06. The molecule has 2 N–H and O–H groups in total. The Morgan fingerprint density at radius 2 is 1.92 bits per heavy atom. The monoisotopic (exact) mass is 350 g/mol. The molecule has 0 bridgehead atoms. The zero-order valence-corrected chi connectivity index (χ0v) is 15.2. The smallest absolute Gasteiger partial charge is 0.258 e. The Morgan fingerprint density at radius 1 is 1.19 bits per heavy atom. The summed E-state index contributed by atoms with van der Waals surface area (Å²) in [6, 6.07) is 16.5. The van der Waals surface area contributed by atoms with Gasteiger partial charge in [-0.05, 0) is 43.3 Å². The number of fused-ring (bicyclic) bond motifs is 1. The van der Waals surface area contributed by atoms with Gasteiger partial charge in [0.05, 0.1) is 24.1 Å². The molecule has 0 amide bonds. The standard InChI is InChI=1S/C21H23N3O2/c1-14(20-22-19-6-4-3-5-18(19)21(25)23-20)24(16-9-10-16)13-15-7-11-17(26-2)12-8-15/h3-8,11-12,14,16H,9-10,13H2,1-2H3,(H,22,23,25)/p+1/t14-/m0/s1. The predicted octanol–water partition coefficient (Wildman–Crippen LogP) is 2.24. The summed E-state index contributed by atoms with van der Waals surface area (Å²) in [5, 5.41) is 0.645. The molecule has 26 heavy (non-hydrogen) atoms. The lowest BCUT2D eigenvalue weighted by atomic mass is 10.1. The molecule has 1 fully saturated rings. The van der Waals surface area contributed by atoms with Crippen molar-refractivity contribution in [2.75, 3.05) is 7.11 Å². The Balaban J connectivity index is 1.63. The lowest BCUT2D eigenvalue weighted by Crippen LogP contribution is -3.12. The third kappa shape index (κ3) is 3.35. The van der Waals surface area contributed by atoms with Gasteiger partial charge in [-0.2, -0.15) is 0 Å². The Kier molecular flexibility index (Phi) is 4.47. The minimum Gasteiger partial charge on any atom is -0.497 e. The highest BCUT2D eigenvalue weighted by Crippen LogP contribution is 2.20. The van der Waals surface area contributed by atoms with Gasteiger partial charge in [0.2, 0.25) is 0 Å². The van der Waals surface area contributed by atoms with E-state index < -0.39 is 0 Å². The van der Waals surface area contributed by atoms with Crippen LogP contribution in [0.4, 0.5) is 0 Å². The molecule has 0 aliphatic heterocycles. The molecule has 1 aliphatic carbocycles. The van der Waals surface area contributed by atoms with Gasteiger partial charge in [0, 0.05) is 18.4 Å². The largest absolute Gasteiger partial charge is 0.497 e. The maximum Gasteiger partial charge on any atom is 0.258 e. The van der Waals surface area contributed by atoms with E-state index in [0.29, 0.717) is 11.4 Å². The van der Waals surface area contributed by atoms with Gasteiger partial charge in [-0.3, -0.25) is 4.79 Å². The number of aromatic amines is 1. The molecule has 0 saturated heterocycles. The number of quaternary nitrogens is 1. The fourth-order valence-electron chi connectivity index (χ4n) is 3.57.